The van der Waals surface area contributed by atoms with Crippen molar-refractivity contribution in [2.75, 3.05) is 33.9 Å². The van der Waals surface area contributed by atoms with Crippen LogP contribution in [0.2, 0.25) is 0 Å². The molecule has 5 heteroatoms. The van der Waals surface area contributed by atoms with Crippen molar-refractivity contribution in [2.24, 2.45) is 0 Å². The highest BCUT2D eigenvalue weighted by molar-refractivity contribution is 5.80. The Hall–Kier alpha value is -0.650. The number of ether oxygens (including phenoxy) is 2. The summed E-state index contributed by atoms with van der Waals surface area (Å²) in [4.78, 5) is 14.3. The smallest absolute Gasteiger partial charge is 0.325 e. The highest BCUT2D eigenvalue weighted by Crippen LogP contribution is 2.20. The fraction of sp³-hybridized carbons (Fsp3) is 0.933. The van der Waals surface area contributed by atoms with E-state index in [1.165, 1.54) is 7.11 Å². The molecule has 0 aromatic rings. The first-order chi connectivity index (χ1) is 9.44. The monoisotopic (exact) mass is 286 g/mol. The summed E-state index contributed by atoms with van der Waals surface area (Å²) < 4.78 is 10.5. The Balaban J connectivity index is 2.54. The van der Waals surface area contributed by atoms with Gasteiger partial charge in [0.25, 0.3) is 0 Å². The molecule has 1 heterocycles. The van der Waals surface area contributed by atoms with Gasteiger partial charge < -0.3 is 19.7 Å². The van der Waals surface area contributed by atoms with E-state index >= 15 is 0 Å². The van der Waals surface area contributed by atoms with Crippen LogP contribution in [0, 0.1) is 0 Å². The van der Waals surface area contributed by atoms with Crippen LogP contribution in [0.1, 0.15) is 40.0 Å². The number of hydrogen-bond acceptors (Lipinski definition) is 5. The molecule has 20 heavy (non-hydrogen) atoms. The molecular formula is C15H30N2O3. The zero-order valence-electron chi connectivity index (χ0n) is 13.6. The Morgan fingerprint density at radius 2 is 2.25 bits per heavy atom. The highest BCUT2D eigenvalue weighted by atomic mass is 16.5. The van der Waals surface area contributed by atoms with Crippen molar-refractivity contribution in [3.8, 4) is 0 Å². The minimum absolute atomic E-state index is 0.185. The van der Waals surface area contributed by atoms with E-state index in [1.54, 1.807) is 0 Å². The van der Waals surface area contributed by atoms with Gasteiger partial charge in [-0.2, -0.15) is 0 Å². The van der Waals surface area contributed by atoms with Crippen LogP contribution in [0.4, 0.5) is 0 Å². The van der Waals surface area contributed by atoms with E-state index in [4.69, 9.17) is 9.47 Å². The van der Waals surface area contributed by atoms with Crippen molar-refractivity contribution in [3.63, 3.8) is 0 Å². The summed E-state index contributed by atoms with van der Waals surface area (Å²) in [5.74, 6) is -0.185. The standard InChI is InChI=1S/C15H30N2O3/c1-6-9-16-15(3,14(18)19-5)8-10-17(4)13-7-11-20-12(13)2/h12-13,16H,6-11H2,1-5H3. The lowest BCUT2D eigenvalue weighted by molar-refractivity contribution is -0.148. The summed E-state index contributed by atoms with van der Waals surface area (Å²) in [5.41, 5.74) is -0.609. The van der Waals surface area contributed by atoms with Gasteiger partial charge in [-0.05, 0) is 46.7 Å². The van der Waals surface area contributed by atoms with Gasteiger partial charge in [-0.1, -0.05) is 6.92 Å². The van der Waals surface area contributed by atoms with Gasteiger partial charge in [-0.3, -0.25) is 4.79 Å². The quantitative estimate of drug-likeness (QED) is 0.684. The van der Waals surface area contributed by atoms with Gasteiger partial charge in [-0.15, -0.1) is 0 Å². The maximum absolute atomic E-state index is 12.0. The highest BCUT2D eigenvalue weighted by Gasteiger charge is 2.35. The van der Waals surface area contributed by atoms with Crippen LogP contribution in [-0.4, -0.2) is 62.4 Å². The first kappa shape index (κ1) is 17.4. The van der Waals surface area contributed by atoms with Gasteiger partial charge >= 0.3 is 5.97 Å². The van der Waals surface area contributed by atoms with Gasteiger partial charge in [0.2, 0.25) is 0 Å². The number of hydrogen-bond donors (Lipinski definition) is 1. The number of rotatable bonds is 8. The van der Waals surface area contributed by atoms with Crippen molar-refractivity contribution in [1.82, 2.24) is 10.2 Å². The van der Waals surface area contributed by atoms with Gasteiger partial charge in [0, 0.05) is 19.2 Å². The average molecular weight is 286 g/mol. The predicted molar refractivity (Wildman–Crippen MR) is 79.8 cm³/mol. The van der Waals surface area contributed by atoms with Gasteiger partial charge in [0.05, 0.1) is 13.2 Å². The molecule has 0 bridgehead atoms. The van der Waals surface area contributed by atoms with Crippen LogP contribution in [0.3, 0.4) is 0 Å². The number of nitrogens with one attached hydrogen (secondary N) is 1. The zero-order chi connectivity index (χ0) is 15.2. The number of carbonyl (C=O) groups excluding carboxylic acids is 1. The first-order valence-electron chi connectivity index (χ1n) is 7.60. The molecule has 1 aliphatic rings. The molecule has 1 rings (SSSR count). The van der Waals surface area contributed by atoms with E-state index in [1.807, 2.05) is 6.92 Å². The van der Waals surface area contributed by atoms with E-state index in [-0.39, 0.29) is 12.1 Å². The topological polar surface area (TPSA) is 50.8 Å². The molecule has 3 unspecified atom stereocenters. The normalized spacial score (nSPS) is 25.7. The lowest BCUT2D eigenvalue weighted by atomic mass is 9.96. The zero-order valence-corrected chi connectivity index (χ0v) is 13.6. The summed E-state index contributed by atoms with van der Waals surface area (Å²) in [6, 6.07) is 0.447. The molecule has 0 amide bonds. The van der Waals surface area contributed by atoms with Crippen LogP contribution in [0.25, 0.3) is 0 Å². The van der Waals surface area contributed by atoms with Crippen molar-refractivity contribution in [1.29, 1.82) is 0 Å². The molecule has 0 saturated carbocycles. The van der Waals surface area contributed by atoms with Crippen LogP contribution < -0.4 is 5.32 Å². The molecule has 0 spiro atoms. The van der Waals surface area contributed by atoms with E-state index in [0.29, 0.717) is 6.04 Å². The Morgan fingerprint density at radius 1 is 1.55 bits per heavy atom. The molecule has 0 aromatic heterocycles. The van der Waals surface area contributed by atoms with E-state index < -0.39 is 5.54 Å². The third kappa shape index (κ3) is 4.43. The first-order valence-corrected chi connectivity index (χ1v) is 7.60. The molecule has 3 atom stereocenters. The van der Waals surface area contributed by atoms with Crippen LogP contribution in [0.15, 0.2) is 0 Å². The Kier molecular flexibility index (Phi) is 6.92. The second kappa shape index (κ2) is 7.96. The second-order valence-electron chi connectivity index (χ2n) is 5.91. The van der Waals surface area contributed by atoms with E-state index in [0.717, 1.165) is 39.0 Å². The van der Waals surface area contributed by atoms with E-state index in [2.05, 4.69) is 31.1 Å². The average Bonchev–Trinajstić information content (AvgIpc) is 2.87. The van der Waals surface area contributed by atoms with Crippen LogP contribution in [0.5, 0.6) is 0 Å². The number of nitrogens with zero attached hydrogens (tertiary/aromatic N) is 1. The molecule has 5 nitrogen and oxygen atoms in total. The molecule has 0 aliphatic carbocycles. The fourth-order valence-electron chi connectivity index (χ4n) is 2.75. The number of carbonyl (C=O) groups is 1. The van der Waals surface area contributed by atoms with Crippen molar-refractivity contribution in [3.05, 3.63) is 0 Å². The number of methoxy groups -OCH3 is 1. The SMILES string of the molecule is CCCNC(C)(CCN(C)C1CCOC1C)C(=O)OC. The Bertz CT molecular complexity index is 311. The molecule has 1 saturated heterocycles. The third-order valence-corrected chi connectivity index (χ3v) is 4.27. The maximum atomic E-state index is 12.0. The summed E-state index contributed by atoms with van der Waals surface area (Å²) >= 11 is 0. The largest absolute Gasteiger partial charge is 0.468 e. The Labute approximate surface area is 123 Å². The third-order valence-electron chi connectivity index (χ3n) is 4.27. The van der Waals surface area contributed by atoms with Crippen molar-refractivity contribution >= 4 is 5.97 Å². The molecular weight excluding hydrogens is 256 g/mol. The van der Waals surface area contributed by atoms with Gasteiger partial charge in [-0.25, -0.2) is 0 Å². The minimum atomic E-state index is -0.609. The van der Waals surface area contributed by atoms with Crippen molar-refractivity contribution < 1.29 is 14.3 Å². The summed E-state index contributed by atoms with van der Waals surface area (Å²) in [5, 5.41) is 3.32. The summed E-state index contributed by atoms with van der Waals surface area (Å²) in [6.07, 6.45) is 3.07. The summed E-state index contributed by atoms with van der Waals surface area (Å²) in [7, 11) is 3.55. The Morgan fingerprint density at radius 3 is 2.75 bits per heavy atom. The fourth-order valence-corrected chi connectivity index (χ4v) is 2.75. The lowest BCUT2D eigenvalue weighted by Crippen LogP contribution is -2.53. The summed E-state index contributed by atoms with van der Waals surface area (Å²) in [6.45, 7) is 8.63. The predicted octanol–water partition coefficient (Wildman–Crippen LogP) is 1.42. The molecule has 0 radical (unpaired) electrons. The second-order valence-corrected chi connectivity index (χ2v) is 5.91. The van der Waals surface area contributed by atoms with Crippen LogP contribution >= 0.6 is 0 Å². The molecule has 1 fully saturated rings. The lowest BCUT2D eigenvalue weighted by Gasteiger charge is -2.32. The van der Waals surface area contributed by atoms with Gasteiger partial charge in [0.1, 0.15) is 5.54 Å². The number of likely N-dealkylation sites (N-methyl/N-ethyl adjacent to an activating group) is 1. The van der Waals surface area contributed by atoms with Crippen molar-refractivity contribution in [2.45, 2.75) is 57.7 Å². The maximum Gasteiger partial charge on any atom is 0.325 e. The molecule has 1 N–H and O–H groups in total. The molecule has 1 aliphatic heterocycles. The molecule has 118 valence electrons. The van der Waals surface area contributed by atoms with Crippen LogP contribution in [-0.2, 0) is 14.3 Å². The number of esters is 1. The van der Waals surface area contributed by atoms with E-state index in [9.17, 15) is 4.79 Å². The minimum Gasteiger partial charge on any atom is -0.468 e. The van der Waals surface area contributed by atoms with Gasteiger partial charge in [0.15, 0.2) is 0 Å². The molecule has 0 aromatic carbocycles.